The summed E-state index contributed by atoms with van der Waals surface area (Å²) in [5, 5.41) is 1.01. The Morgan fingerprint density at radius 3 is 2.63 bits per heavy atom. The second-order valence-electron chi connectivity index (χ2n) is 4.68. The molecule has 0 bridgehead atoms. The van der Waals surface area contributed by atoms with Crippen LogP contribution in [0.5, 0.6) is 0 Å². The molecule has 1 heterocycles. The van der Waals surface area contributed by atoms with Crippen LogP contribution >= 0.6 is 0 Å². The molecule has 4 nitrogen and oxygen atoms in total. The number of aromatic nitrogens is 1. The molecule has 0 atom stereocenters. The third kappa shape index (κ3) is 3.22. The van der Waals surface area contributed by atoms with E-state index in [1.54, 1.807) is 24.6 Å². The molecular formula is C15H17NO3. The summed E-state index contributed by atoms with van der Waals surface area (Å²) in [5.74, 6) is -0.429. The van der Waals surface area contributed by atoms with Gasteiger partial charge in [-0.15, -0.1) is 0 Å². The minimum Gasteiger partial charge on any atom is -0.463 e. The van der Waals surface area contributed by atoms with Gasteiger partial charge in [-0.2, -0.15) is 0 Å². The number of benzene rings is 1. The Morgan fingerprint density at radius 2 is 1.89 bits per heavy atom. The first kappa shape index (κ1) is 13.3. The van der Waals surface area contributed by atoms with Crippen molar-refractivity contribution in [3.8, 4) is 0 Å². The molecule has 0 saturated heterocycles. The predicted molar refractivity (Wildman–Crippen MR) is 73.0 cm³/mol. The van der Waals surface area contributed by atoms with Crippen LogP contribution in [-0.2, 0) is 9.53 Å². The van der Waals surface area contributed by atoms with E-state index in [9.17, 15) is 9.59 Å². The van der Waals surface area contributed by atoms with Crippen LogP contribution in [0.15, 0.2) is 36.5 Å². The summed E-state index contributed by atoms with van der Waals surface area (Å²) < 4.78 is 6.59. The Labute approximate surface area is 112 Å². The Balaban J connectivity index is 2.02. The molecule has 0 unspecified atom stereocenters. The van der Waals surface area contributed by atoms with Gasteiger partial charge in [0.1, 0.15) is 0 Å². The fourth-order valence-corrected chi connectivity index (χ4v) is 1.95. The molecule has 0 amide bonds. The zero-order valence-electron chi connectivity index (χ0n) is 11.1. The second kappa shape index (κ2) is 5.69. The molecule has 0 N–H and O–H groups in total. The van der Waals surface area contributed by atoms with E-state index < -0.39 is 0 Å². The Morgan fingerprint density at radius 1 is 1.16 bits per heavy atom. The van der Waals surface area contributed by atoms with E-state index in [1.807, 2.05) is 30.3 Å². The lowest BCUT2D eigenvalue weighted by atomic mass is 10.2. The smallest absolute Gasteiger partial charge is 0.306 e. The monoisotopic (exact) mass is 259 g/mol. The van der Waals surface area contributed by atoms with Crippen LogP contribution in [0.4, 0.5) is 0 Å². The minimum atomic E-state index is -0.334. The van der Waals surface area contributed by atoms with Crippen molar-refractivity contribution in [1.82, 2.24) is 4.57 Å². The first-order valence-corrected chi connectivity index (χ1v) is 6.36. The number of rotatable bonds is 4. The minimum absolute atomic E-state index is 0.0955. The van der Waals surface area contributed by atoms with Gasteiger partial charge in [0, 0.05) is 18.0 Å². The lowest BCUT2D eigenvalue weighted by Crippen LogP contribution is -2.15. The number of fused-ring (bicyclic) bond motifs is 1. The van der Waals surface area contributed by atoms with E-state index in [4.69, 9.17) is 4.74 Å². The van der Waals surface area contributed by atoms with E-state index in [-0.39, 0.29) is 30.8 Å². The Hall–Kier alpha value is -2.10. The molecule has 19 heavy (non-hydrogen) atoms. The molecule has 0 radical (unpaired) electrons. The fraction of sp³-hybridized carbons (Fsp3) is 0.333. The molecule has 0 aliphatic heterocycles. The third-order valence-electron chi connectivity index (χ3n) is 2.78. The lowest BCUT2D eigenvalue weighted by molar-refractivity contribution is -0.147. The summed E-state index contributed by atoms with van der Waals surface area (Å²) in [7, 11) is 0. The van der Waals surface area contributed by atoms with Crippen LogP contribution in [-0.4, -0.2) is 22.5 Å². The van der Waals surface area contributed by atoms with E-state index in [1.165, 1.54) is 0 Å². The number of carbonyl (C=O) groups excluding carboxylic acids is 2. The highest BCUT2D eigenvalue weighted by Crippen LogP contribution is 2.15. The van der Waals surface area contributed by atoms with Crippen molar-refractivity contribution in [3.63, 3.8) is 0 Å². The van der Waals surface area contributed by atoms with Crippen LogP contribution in [0.1, 0.15) is 31.5 Å². The number of hydrogen-bond donors (Lipinski definition) is 0. The van der Waals surface area contributed by atoms with Crippen molar-refractivity contribution < 1.29 is 14.3 Å². The van der Waals surface area contributed by atoms with Gasteiger partial charge in [0.05, 0.1) is 18.0 Å². The van der Waals surface area contributed by atoms with Crippen LogP contribution in [0.2, 0.25) is 0 Å². The van der Waals surface area contributed by atoms with Crippen LogP contribution in [0, 0.1) is 0 Å². The maximum absolute atomic E-state index is 12.1. The molecule has 100 valence electrons. The molecule has 2 rings (SSSR count). The van der Waals surface area contributed by atoms with Crippen molar-refractivity contribution in [2.75, 3.05) is 0 Å². The highest BCUT2D eigenvalue weighted by molar-refractivity contribution is 5.93. The van der Waals surface area contributed by atoms with Crippen molar-refractivity contribution >= 4 is 22.8 Å². The quantitative estimate of drug-likeness (QED) is 0.793. The highest BCUT2D eigenvalue weighted by Gasteiger charge is 2.12. The maximum atomic E-state index is 12.1. The van der Waals surface area contributed by atoms with Gasteiger partial charge in [-0.3, -0.25) is 14.2 Å². The normalized spacial score (nSPS) is 10.9. The molecule has 0 aliphatic rings. The molecule has 4 heteroatoms. The number of esters is 1. The SMILES string of the molecule is CC(C)OC(=O)CCC(=O)n1ccc2ccccc21. The van der Waals surface area contributed by atoms with Crippen molar-refractivity contribution in [2.45, 2.75) is 32.8 Å². The van der Waals surface area contributed by atoms with Crippen LogP contribution < -0.4 is 0 Å². The fourth-order valence-electron chi connectivity index (χ4n) is 1.95. The molecule has 0 spiro atoms. The summed E-state index contributed by atoms with van der Waals surface area (Å²) in [6.45, 7) is 3.58. The largest absolute Gasteiger partial charge is 0.463 e. The first-order chi connectivity index (χ1) is 9.08. The average Bonchev–Trinajstić information content (AvgIpc) is 2.79. The van der Waals surface area contributed by atoms with Gasteiger partial charge in [0.25, 0.3) is 0 Å². The van der Waals surface area contributed by atoms with Crippen molar-refractivity contribution in [1.29, 1.82) is 0 Å². The topological polar surface area (TPSA) is 48.3 Å². The van der Waals surface area contributed by atoms with Gasteiger partial charge in [-0.1, -0.05) is 18.2 Å². The van der Waals surface area contributed by atoms with Crippen molar-refractivity contribution in [2.24, 2.45) is 0 Å². The summed E-state index contributed by atoms with van der Waals surface area (Å²) in [6, 6.07) is 9.54. The summed E-state index contributed by atoms with van der Waals surface area (Å²) >= 11 is 0. The summed E-state index contributed by atoms with van der Waals surface area (Å²) in [5.41, 5.74) is 0.865. The third-order valence-corrected chi connectivity index (χ3v) is 2.78. The Bertz CT molecular complexity index is 598. The molecule has 0 aliphatic carbocycles. The van der Waals surface area contributed by atoms with Gasteiger partial charge in [0.15, 0.2) is 0 Å². The number of ether oxygens (including phenoxy) is 1. The van der Waals surface area contributed by atoms with Gasteiger partial charge in [-0.05, 0) is 26.0 Å². The lowest BCUT2D eigenvalue weighted by Gasteiger charge is -2.08. The van der Waals surface area contributed by atoms with Crippen molar-refractivity contribution in [3.05, 3.63) is 36.5 Å². The molecule has 1 aromatic carbocycles. The number of para-hydroxylation sites is 1. The molecule has 0 saturated carbocycles. The zero-order valence-corrected chi connectivity index (χ0v) is 11.1. The summed E-state index contributed by atoms with van der Waals surface area (Å²) in [4.78, 5) is 23.5. The molecule has 1 aromatic heterocycles. The predicted octanol–water partition coefficient (Wildman–Crippen LogP) is 3.01. The first-order valence-electron chi connectivity index (χ1n) is 6.36. The van der Waals surface area contributed by atoms with E-state index >= 15 is 0 Å². The zero-order chi connectivity index (χ0) is 13.8. The van der Waals surface area contributed by atoms with Crippen LogP contribution in [0.3, 0.4) is 0 Å². The molecule has 0 fully saturated rings. The second-order valence-corrected chi connectivity index (χ2v) is 4.68. The maximum Gasteiger partial charge on any atom is 0.306 e. The number of nitrogens with zero attached hydrogens (tertiary/aromatic N) is 1. The summed E-state index contributed by atoms with van der Waals surface area (Å²) in [6.07, 6.45) is 1.86. The Kier molecular flexibility index (Phi) is 4.00. The standard InChI is InChI=1S/C15H17NO3/c1-11(2)19-15(18)8-7-14(17)16-10-9-12-5-3-4-6-13(12)16/h3-6,9-11H,7-8H2,1-2H3. The number of hydrogen-bond acceptors (Lipinski definition) is 3. The van der Waals surface area contributed by atoms with E-state index in [2.05, 4.69) is 0 Å². The molecular weight excluding hydrogens is 242 g/mol. The van der Waals surface area contributed by atoms with E-state index in [0.29, 0.717) is 0 Å². The van der Waals surface area contributed by atoms with Gasteiger partial charge in [0.2, 0.25) is 5.91 Å². The van der Waals surface area contributed by atoms with Crippen LogP contribution in [0.25, 0.3) is 10.9 Å². The van der Waals surface area contributed by atoms with Gasteiger partial charge in [-0.25, -0.2) is 0 Å². The number of carbonyl (C=O) groups is 2. The molecule has 2 aromatic rings. The van der Waals surface area contributed by atoms with E-state index in [0.717, 1.165) is 10.9 Å². The highest BCUT2D eigenvalue weighted by atomic mass is 16.5. The van der Waals surface area contributed by atoms with Gasteiger partial charge >= 0.3 is 5.97 Å². The van der Waals surface area contributed by atoms with Gasteiger partial charge < -0.3 is 4.74 Å². The average molecular weight is 259 g/mol.